The molecule has 4 rings (SSSR count). The molecule has 35 heavy (non-hydrogen) atoms. The van der Waals surface area contributed by atoms with Crippen molar-refractivity contribution in [2.24, 2.45) is 11.8 Å². The highest BCUT2D eigenvalue weighted by Gasteiger charge is 2.37. The number of benzene rings is 2. The van der Waals surface area contributed by atoms with Crippen molar-refractivity contribution in [3.05, 3.63) is 70.8 Å². The molecule has 5 nitrogen and oxygen atoms in total. The zero-order valence-corrected chi connectivity index (χ0v) is 20.5. The Hall–Kier alpha value is -2.80. The first kappa shape index (κ1) is 25.3. The maximum atomic E-state index is 13.9. The van der Waals surface area contributed by atoms with E-state index in [0.29, 0.717) is 44.8 Å². The van der Waals surface area contributed by atoms with Gasteiger partial charge in [0.15, 0.2) is 0 Å². The number of hydrogen-bond acceptors (Lipinski definition) is 4. The summed E-state index contributed by atoms with van der Waals surface area (Å²) in [7, 11) is 0. The molecule has 2 aromatic carbocycles. The van der Waals surface area contributed by atoms with Gasteiger partial charge in [-0.3, -0.25) is 14.5 Å². The smallest absolute Gasteiger partial charge is 0.310 e. The van der Waals surface area contributed by atoms with E-state index in [9.17, 15) is 18.4 Å². The normalized spacial score (nSPS) is 23.2. The Bertz CT molecular complexity index is 1040. The van der Waals surface area contributed by atoms with Gasteiger partial charge in [0.2, 0.25) is 5.91 Å². The molecule has 0 radical (unpaired) electrons. The Morgan fingerprint density at radius 3 is 2.51 bits per heavy atom. The Balaban J connectivity index is 1.53. The number of aryl methyl sites for hydroxylation is 1. The summed E-state index contributed by atoms with van der Waals surface area (Å²) in [6.45, 7) is 6.85. The van der Waals surface area contributed by atoms with Gasteiger partial charge in [0, 0.05) is 32.7 Å². The minimum Gasteiger partial charge on any atom is -0.466 e. The lowest BCUT2D eigenvalue weighted by molar-refractivity contribution is -0.152. The number of carbonyl (C=O) groups is 2. The number of esters is 1. The zero-order chi connectivity index (χ0) is 24.9. The van der Waals surface area contributed by atoms with Crippen molar-refractivity contribution >= 4 is 11.9 Å². The number of piperidine rings is 2. The Kier molecular flexibility index (Phi) is 8.16. The monoisotopic (exact) mass is 484 g/mol. The van der Waals surface area contributed by atoms with Gasteiger partial charge >= 0.3 is 5.97 Å². The third-order valence-electron chi connectivity index (χ3n) is 7.20. The molecule has 0 saturated carbocycles. The summed E-state index contributed by atoms with van der Waals surface area (Å²) in [6, 6.07) is 11.6. The fraction of sp³-hybridized carbons (Fsp3) is 0.500. The molecule has 2 aromatic rings. The van der Waals surface area contributed by atoms with Crippen molar-refractivity contribution < 1.29 is 23.1 Å². The molecule has 188 valence electrons. The Labute approximate surface area is 206 Å². The van der Waals surface area contributed by atoms with E-state index in [1.54, 1.807) is 26.0 Å². The molecule has 3 atom stereocenters. The van der Waals surface area contributed by atoms with E-state index in [2.05, 4.69) is 4.90 Å². The van der Waals surface area contributed by atoms with Crippen LogP contribution in [-0.2, 0) is 20.9 Å². The molecule has 2 fully saturated rings. The van der Waals surface area contributed by atoms with E-state index in [-0.39, 0.29) is 41.3 Å². The summed E-state index contributed by atoms with van der Waals surface area (Å²) in [5.74, 6) is -1.12. The predicted molar refractivity (Wildman–Crippen MR) is 130 cm³/mol. The van der Waals surface area contributed by atoms with Crippen LogP contribution in [0.25, 0.3) is 0 Å². The minimum absolute atomic E-state index is 0.0617. The fourth-order valence-electron chi connectivity index (χ4n) is 5.40. The first-order valence-electron chi connectivity index (χ1n) is 12.5. The summed E-state index contributed by atoms with van der Waals surface area (Å²) in [4.78, 5) is 30.0. The zero-order valence-electron chi connectivity index (χ0n) is 20.5. The topological polar surface area (TPSA) is 49.9 Å². The second-order valence-corrected chi connectivity index (χ2v) is 9.83. The van der Waals surface area contributed by atoms with Crippen LogP contribution in [0.1, 0.15) is 48.8 Å². The van der Waals surface area contributed by atoms with E-state index in [4.69, 9.17) is 4.74 Å². The van der Waals surface area contributed by atoms with Crippen LogP contribution < -0.4 is 0 Å². The summed E-state index contributed by atoms with van der Waals surface area (Å²) < 4.78 is 32.5. The third-order valence-corrected chi connectivity index (χ3v) is 7.20. The highest BCUT2D eigenvalue weighted by molar-refractivity contribution is 5.81. The quantitative estimate of drug-likeness (QED) is 0.559. The molecule has 0 unspecified atom stereocenters. The molecule has 0 spiro atoms. The number of rotatable bonds is 6. The molecule has 2 heterocycles. The van der Waals surface area contributed by atoms with Crippen molar-refractivity contribution in [3.8, 4) is 0 Å². The van der Waals surface area contributed by atoms with Gasteiger partial charge in [-0.05, 0) is 73.9 Å². The average Bonchev–Trinajstić information content (AvgIpc) is 2.86. The third kappa shape index (κ3) is 6.26. The first-order valence-corrected chi connectivity index (χ1v) is 12.5. The standard InChI is InChI=1S/C28H34F2N2O3/c1-3-35-28(34)22-5-4-12-32(18-22)27(33)24-14-23(21-8-11-26(30)19(2)13-21)16-31(17-24)15-20-6-9-25(29)10-7-20/h6-11,13,22-24H,3-5,12,14-18H2,1-2H3/t22-,23-,24+/m1/s1. The second-order valence-electron chi connectivity index (χ2n) is 9.83. The summed E-state index contributed by atoms with van der Waals surface area (Å²) in [5.41, 5.74) is 2.59. The number of likely N-dealkylation sites (tertiary alicyclic amines) is 2. The summed E-state index contributed by atoms with van der Waals surface area (Å²) >= 11 is 0. The molecule has 0 bridgehead atoms. The van der Waals surface area contributed by atoms with Crippen molar-refractivity contribution in [1.82, 2.24) is 9.80 Å². The molecular formula is C28H34F2N2O3. The highest BCUT2D eigenvalue weighted by atomic mass is 19.1. The largest absolute Gasteiger partial charge is 0.466 e. The van der Waals surface area contributed by atoms with Crippen LogP contribution in [0, 0.1) is 30.4 Å². The maximum absolute atomic E-state index is 13.9. The SMILES string of the molecule is CCOC(=O)[C@@H]1CCCN(C(=O)[C@H]2C[C@@H](c3ccc(F)c(C)c3)CN(Cc3ccc(F)cc3)C2)C1. The number of nitrogens with zero attached hydrogens (tertiary/aromatic N) is 2. The van der Waals surface area contributed by atoms with Crippen molar-refractivity contribution in [3.63, 3.8) is 0 Å². The summed E-state index contributed by atoms with van der Waals surface area (Å²) in [5, 5.41) is 0. The molecule has 0 aliphatic carbocycles. The first-order chi connectivity index (χ1) is 16.8. The highest BCUT2D eigenvalue weighted by Crippen LogP contribution is 2.34. The predicted octanol–water partition coefficient (Wildman–Crippen LogP) is 4.68. The van der Waals surface area contributed by atoms with Crippen LogP contribution in [-0.4, -0.2) is 54.5 Å². The van der Waals surface area contributed by atoms with E-state index >= 15 is 0 Å². The summed E-state index contributed by atoms with van der Waals surface area (Å²) in [6.07, 6.45) is 2.19. The lowest BCUT2D eigenvalue weighted by atomic mass is 9.82. The van der Waals surface area contributed by atoms with Gasteiger partial charge < -0.3 is 9.64 Å². The number of ether oxygens (including phenoxy) is 1. The van der Waals surface area contributed by atoms with E-state index < -0.39 is 0 Å². The fourth-order valence-corrected chi connectivity index (χ4v) is 5.40. The van der Waals surface area contributed by atoms with Crippen molar-refractivity contribution in [1.29, 1.82) is 0 Å². The van der Waals surface area contributed by atoms with Crippen LogP contribution >= 0.6 is 0 Å². The molecule has 2 saturated heterocycles. The number of carbonyl (C=O) groups excluding carboxylic acids is 2. The maximum Gasteiger partial charge on any atom is 0.310 e. The molecule has 1 amide bonds. The van der Waals surface area contributed by atoms with E-state index in [0.717, 1.165) is 30.5 Å². The molecule has 2 aliphatic rings. The van der Waals surface area contributed by atoms with Gasteiger partial charge in [0.1, 0.15) is 11.6 Å². The van der Waals surface area contributed by atoms with Gasteiger partial charge in [0.25, 0.3) is 0 Å². The Morgan fingerprint density at radius 2 is 1.80 bits per heavy atom. The second kappa shape index (κ2) is 11.3. The molecule has 0 aromatic heterocycles. The van der Waals surface area contributed by atoms with Crippen LogP contribution in [0.4, 0.5) is 8.78 Å². The van der Waals surface area contributed by atoms with E-state index in [1.807, 2.05) is 17.0 Å². The van der Waals surface area contributed by atoms with Crippen LogP contribution in [0.3, 0.4) is 0 Å². The van der Waals surface area contributed by atoms with Crippen LogP contribution in [0.5, 0.6) is 0 Å². The van der Waals surface area contributed by atoms with Crippen LogP contribution in [0.15, 0.2) is 42.5 Å². The lowest BCUT2D eigenvalue weighted by Crippen LogP contribution is -2.50. The lowest BCUT2D eigenvalue weighted by Gasteiger charge is -2.41. The van der Waals surface area contributed by atoms with Gasteiger partial charge in [-0.2, -0.15) is 0 Å². The van der Waals surface area contributed by atoms with Gasteiger partial charge in [-0.25, -0.2) is 8.78 Å². The molecule has 2 aliphatic heterocycles. The Morgan fingerprint density at radius 1 is 1.03 bits per heavy atom. The number of hydrogen-bond donors (Lipinski definition) is 0. The molecule has 7 heteroatoms. The van der Waals surface area contributed by atoms with Gasteiger partial charge in [-0.1, -0.05) is 24.3 Å². The average molecular weight is 485 g/mol. The van der Waals surface area contributed by atoms with Crippen LogP contribution in [0.2, 0.25) is 0 Å². The van der Waals surface area contributed by atoms with Crippen molar-refractivity contribution in [2.75, 3.05) is 32.8 Å². The van der Waals surface area contributed by atoms with Gasteiger partial charge in [0.05, 0.1) is 18.4 Å². The van der Waals surface area contributed by atoms with Gasteiger partial charge in [-0.15, -0.1) is 0 Å². The number of amides is 1. The minimum atomic E-state index is -0.277. The van der Waals surface area contributed by atoms with E-state index in [1.165, 1.54) is 18.2 Å². The molecule has 0 N–H and O–H groups in total. The van der Waals surface area contributed by atoms with Crippen molar-refractivity contribution in [2.45, 2.75) is 45.6 Å². The number of halogens is 2. The molecular weight excluding hydrogens is 450 g/mol.